The van der Waals surface area contributed by atoms with Gasteiger partial charge >= 0.3 is 6.18 Å². The molecular formula is C7H12F3NO3. The Hall–Kier alpha value is -0.690. The molecule has 0 atom stereocenters. The van der Waals surface area contributed by atoms with Crippen LogP contribution in [0, 0.1) is 4.91 Å². The van der Waals surface area contributed by atoms with Crippen LogP contribution in [0.1, 0.15) is 6.42 Å². The summed E-state index contributed by atoms with van der Waals surface area (Å²) < 4.78 is 44.2. The van der Waals surface area contributed by atoms with E-state index >= 15 is 0 Å². The minimum atomic E-state index is -4.18. The third-order valence-corrected chi connectivity index (χ3v) is 1.23. The van der Waals surface area contributed by atoms with E-state index in [4.69, 9.17) is 4.74 Å². The molecule has 14 heavy (non-hydrogen) atoms. The predicted molar refractivity (Wildman–Crippen MR) is 43.0 cm³/mol. The van der Waals surface area contributed by atoms with Crippen molar-refractivity contribution in [3.8, 4) is 0 Å². The van der Waals surface area contributed by atoms with E-state index in [1.807, 2.05) is 0 Å². The first-order valence-electron chi connectivity index (χ1n) is 4.07. The molecule has 0 saturated carbocycles. The van der Waals surface area contributed by atoms with Crippen molar-refractivity contribution in [2.45, 2.75) is 12.6 Å². The van der Waals surface area contributed by atoms with Crippen LogP contribution in [0.2, 0.25) is 0 Å². The number of rotatable bonds is 8. The fraction of sp³-hybridized carbons (Fsp3) is 1.00. The maximum atomic E-state index is 11.6. The Morgan fingerprint density at radius 3 is 2.07 bits per heavy atom. The van der Waals surface area contributed by atoms with E-state index < -0.39 is 12.6 Å². The highest BCUT2D eigenvalue weighted by molar-refractivity contribution is 4.47. The van der Waals surface area contributed by atoms with Gasteiger partial charge in [-0.1, -0.05) is 5.18 Å². The second-order valence-corrected chi connectivity index (χ2v) is 2.44. The van der Waals surface area contributed by atoms with Gasteiger partial charge in [0.2, 0.25) is 0 Å². The summed E-state index contributed by atoms with van der Waals surface area (Å²) in [4.78, 5) is 9.56. The van der Waals surface area contributed by atoms with Crippen LogP contribution in [0.15, 0.2) is 5.18 Å². The molecule has 0 aliphatic carbocycles. The molecule has 0 N–H and O–H groups in total. The lowest BCUT2D eigenvalue weighted by atomic mass is 10.4. The lowest BCUT2D eigenvalue weighted by molar-refractivity contribution is -0.146. The summed E-state index contributed by atoms with van der Waals surface area (Å²) in [6.07, 6.45) is -5.13. The van der Waals surface area contributed by atoms with Crippen molar-refractivity contribution in [1.82, 2.24) is 0 Å². The number of halogens is 3. The summed E-state index contributed by atoms with van der Waals surface area (Å²) in [5, 5.41) is 2.54. The van der Waals surface area contributed by atoms with Crippen LogP contribution in [0.3, 0.4) is 0 Å². The van der Waals surface area contributed by atoms with Crippen LogP contribution in [0.25, 0.3) is 0 Å². The second-order valence-electron chi connectivity index (χ2n) is 2.44. The lowest BCUT2D eigenvalue weighted by Gasteiger charge is -2.06. The van der Waals surface area contributed by atoms with Gasteiger partial charge in [-0.2, -0.15) is 18.1 Å². The standard InChI is InChI=1S/C7H12F3NO3/c8-7(9,10)1-3-13-5-6-14-4-2-11-12/h1-6H2. The van der Waals surface area contributed by atoms with Crippen molar-refractivity contribution in [2.24, 2.45) is 5.18 Å². The highest BCUT2D eigenvalue weighted by Gasteiger charge is 2.26. The zero-order chi connectivity index (χ0) is 10.9. The Kier molecular flexibility index (Phi) is 7.31. The van der Waals surface area contributed by atoms with Crippen LogP contribution in [0.5, 0.6) is 0 Å². The number of nitroso groups, excluding NO2 is 1. The van der Waals surface area contributed by atoms with Crippen LogP contribution in [-0.2, 0) is 9.47 Å². The van der Waals surface area contributed by atoms with E-state index in [9.17, 15) is 18.1 Å². The van der Waals surface area contributed by atoms with Gasteiger partial charge in [0.25, 0.3) is 0 Å². The molecule has 0 aromatic rings. The summed E-state index contributed by atoms with van der Waals surface area (Å²) >= 11 is 0. The van der Waals surface area contributed by atoms with Gasteiger partial charge in [-0.15, -0.1) is 0 Å². The summed E-state index contributed by atoms with van der Waals surface area (Å²) in [5.41, 5.74) is 0. The van der Waals surface area contributed by atoms with Gasteiger partial charge < -0.3 is 9.47 Å². The lowest BCUT2D eigenvalue weighted by Crippen LogP contribution is -2.14. The summed E-state index contributed by atoms with van der Waals surface area (Å²) in [7, 11) is 0. The molecule has 0 amide bonds. The van der Waals surface area contributed by atoms with E-state index in [0.29, 0.717) is 0 Å². The van der Waals surface area contributed by atoms with Crippen molar-refractivity contribution < 1.29 is 22.6 Å². The van der Waals surface area contributed by atoms with Crippen LogP contribution in [-0.4, -0.2) is 39.1 Å². The molecule has 84 valence electrons. The number of nitrogens with zero attached hydrogens (tertiary/aromatic N) is 1. The Labute approximate surface area is 79.3 Å². The first kappa shape index (κ1) is 13.3. The van der Waals surface area contributed by atoms with E-state index in [1.54, 1.807) is 0 Å². The average molecular weight is 215 g/mol. The van der Waals surface area contributed by atoms with Crippen molar-refractivity contribution in [3.63, 3.8) is 0 Å². The second kappa shape index (κ2) is 7.69. The zero-order valence-corrected chi connectivity index (χ0v) is 7.55. The fourth-order valence-electron chi connectivity index (χ4n) is 0.612. The monoisotopic (exact) mass is 215 g/mol. The Morgan fingerprint density at radius 1 is 1.00 bits per heavy atom. The summed E-state index contributed by atoms with van der Waals surface area (Å²) in [6.45, 7) is 0.121. The number of hydrogen-bond donors (Lipinski definition) is 0. The van der Waals surface area contributed by atoms with Gasteiger partial charge in [-0.05, 0) is 0 Å². The third-order valence-electron chi connectivity index (χ3n) is 1.23. The van der Waals surface area contributed by atoms with Crippen LogP contribution >= 0.6 is 0 Å². The molecule has 0 rings (SSSR count). The highest BCUT2D eigenvalue weighted by atomic mass is 19.4. The molecular weight excluding hydrogens is 203 g/mol. The van der Waals surface area contributed by atoms with Gasteiger partial charge in [0, 0.05) is 0 Å². The predicted octanol–water partition coefficient (Wildman–Crippen LogP) is 1.74. The highest BCUT2D eigenvalue weighted by Crippen LogP contribution is 2.18. The molecule has 0 aliphatic heterocycles. The first-order valence-corrected chi connectivity index (χ1v) is 4.07. The third kappa shape index (κ3) is 11.3. The smallest absolute Gasteiger partial charge is 0.379 e. The molecule has 0 saturated heterocycles. The van der Waals surface area contributed by atoms with Gasteiger partial charge in [-0.3, -0.25) is 0 Å². The molecule has 0 radical (unpaired) electrons. The van der Waals surface area contributed by atoms with Crippen LogP contribution < -0.4 is 0 Å². The molecule has 0 aliphatic rings. The summed E-state index contributed by atoms with van der Waals surface area (Å²) in [6, 6.07) is 0. The maximum absolute atomic E-state index is 11.6. The molecule has 0 spiro atoms. The molecule has 0 unspecified atom stereocenters. The largest absolute Gasteiger partial charge is 0.391 e. The minimum absolute atomic E-state index is 0.0442. The van der Waals surface area contributed by atoms with Crippen molar-refractivity contribution in [3.05, 3.63) is 4.91 Å². The van der Waals surface area contributed by atoms with Crippen molar-refractivity contribution in [2.75, 3.05) is 33.0 Å². The summed E-state index contributed by atoms with van der Waals surface area (Å²) in [5.74, 6) is 0. The van der Waals surface area contributed by atoms with Gasteiger partial charge in [0.15, 0.2) is 0 Å². The van der Waals surface area contributed by atoms with Crippen LogP contribution in [0.4, 0.5) is 13.2 Å². The molecule has 0 heterocycles. The Bertz CT molecular complexity index is 152. The Balaban J connectivity index is 3.03. The molecule has 0 aromatic heterocycles. The van der Waals surface area contributed by atoms with Gasteiger partial charge in [-0.25, -0.2) is 0 Å². The van der Waals surface area contributed by atoms with E-state index in [1.165, 1.54) is 0 Å². The SMILES string of the molecule is O=NCCOCCOCCC(F)(F)F. The maximum Gasteiger partial charge on any atom is 0.391 e. The van der Waals surface area contributed by atoms with Crippen molar-refractivity contribution in [1.29, 1.82) is 0 Å². The molecule has 7 heteroatoms. The zero-order valence-electron chi connectivity index (χ0n) is 7.55. The Morgan fingerprint density at radius 2 is 1.57 bits per heavy atom. The minimum Gasteiger partial charge on any atom is -0.379 e. The van der Waals surface area contributed by atoms with Gasteiger partial charge in [0.1, 0.15) is 6.54 Å². The van der Waals surface area contributed by atoms with E-state index in [0.717, 1.165) is 0 Å². The molecule has 0 bridgehead atoms. The normalized spacial score (nSPS) is 11.6. The van der Waals surface area contributed by atoms with Crippen molar-refractivity contribution >= 4 is 0 Å². The molecule has 0 aromatic carbocycles. The number of alkyl halides is 3. The number of ether oxygens (including phenoxy) is 2. The van der Waals surface area contributed by atoms with E-state index in [-0.39, 0.29) is 33.0 Å². The van der Waals surface area contributed by atoms with Gasteiger partial charge in [0.05, 0.1) is 32.8 Å². The first-order chi connectivity index (χ1) is 6.56. The average Bonchev–Trinajstić information content (AvgIpc) is 2.08. The quantitative estimate of drug-likeness (QED) is 0.457. The molecule has 0 fully saturated rings. The van der Waals surface area contributed by atoms with E-state index in [2.05, 4.69) is 9.91 Å². The topological polar surface area (TPSA) is 47.9 Å². The fourth-order valence-corrected chi connectivity index (χ4v) is 0.612. The number of hydrogen-bond acceptors (Lipinski definition) is 4. The molecule has 4 nitrogen and oxygen atoms in total.